The summed E-state index contributed by atoms with van der Waals surface area (Å²) < 4.78 is 28.2. The fraction of sp³-hybridized carbons (Fsp3) is 0.0714. The van der Waals surface area contributed by atoms with Crippen LogP contribution < -0.4 is 15.8 Å². The van der Waals surface area contributed by atoms with Crippen molar-refractivity contribution in [2.45, 2.75) is 6.61 Å². The van der Waals surface area contributed by atoms with Crippen LogP contribution in [0.5, 0.6) is 5.75 Å². The van der Waals surface area contributed by atoms with E-state index in [-0.39, 0.29) is 11.7 Å². The van der Waals surface area contributed by atoms with E-state index in [0.717, 1.165) is 0 Å². The Balaban J connectivity index is 2.08. The summed E-state index contributed by atoms with van der Waals surface area (Å²) in [5.41, 5.74) is 6.96. The highest BCUT2D eigenvalue weighted by Crippen LogP contribution is 2.19. The zero-order chi connectivity index (χ0) is 14.5. The normalized spacial score (nSPS) is 10.3. The molecule has 0 bridgehead atoms. The van der Waals surface area contributed by atoms with Crippen molar-refractivity contribution in [1.82, 2.24) is 0 Å². The summed E-state index contributed by atoms with van der Waals surface area (Å²) in [7, 11) is 0. The first-order valence-corrected chi connectivity index (χ1v) is 5.77. The Hall–Kier alpha value is -2.63. The number of nitrogens with one attached hydrogen (secondary N) is 1. The second kappa shape index (κ2) is 6.01. The number of rotatable bonds is 4. The van der Waals surface area contributed by atoms with Crippen LogP contribution in [0.1, 0.15) is 10.4 Å². The molecule has 0 aromatic heterocycles. The number of ether oxygens (including phenoxy) is 1. The highest BCUT2D eigenvalue weighted by atomic mass is 19.3. The maximum atomic E-state index is 12.0. The number of para-hydroxylation sites is 2. The molecule has 0 aliphatic rings. The standard InChI is InChI=1S/C14H12F2N2O2/c15-14(16)20-10-7-5-9(6-8-10)13(19)18-12-4-2-1-3-11(12)17/h1-8,14H,17H2,(H,18,19). The number of nitrogen functional groups attached to an aromatic ring is 1. The molecule has 3 N–H and O–H groups in total. The molecule has 2 aromatic rings. The van der Waals surface area contributed by atoms with Crippen molar-refractivity contribution in [3.63, 3.8) is 0 Å². The Morgan fingerprint density at radius 2 is 1.75 bits per heavy atom. The van der Waals surface area contributed by atoms with E-state index in [4.69, 9.17) is 5.73 Å². The van der Waals surface area contributed by atoms with Gasteiger partial charge in [0.1, 0.15) is 5.75 Å². The van der Waals surface area contributed by atoms with E-state index in [0.29, 0.717) is 16.9 Å². The third-order valence-corrected chi connectivity index (χ3v) is 2.55. The maximum absolute atomic E-state index is 12.0. The molecule has 0 unspecified atom stereocenters. The minimum Gasteiger partial charge on any atom is -0.435 e. The first-order valence-electron chi connectivity index (χ1n) is 5.77. The van der Waals surface area contributed by atoms with Gasteiger partial charge in [-0.15, -0.1) is 0 Å². The summed E-state index contributed by atoms with van der Waals surface area (Å²) in [6, 6.07) is 12.2. The topological polar surface area (TPSA) is 64.3 Å². The number of alkyl halides is 2. The molecule has 2 aromatic carbocycles. The number of benzene rings is 2. The number of carbonyl (C=O) groups excluding carboxylic acids is 1. The van der Waals surface area contributed by atoms with Gasteiger partial charge in [-0.05, 0) is 36.4 Å². The van der Waals surface area contributed by atoms with E-state index in [1.807, 2.05) is 0 Å². The van der Waals surface area contributed by atoms with Gasteiger partial charge in [-0.2, -0.15) is 8.78 Å². The summed E-state index contributed by atoms with van der Waals surface area (Å²) in [5.74, 6) is -0.387. The minimum atomic E-state index is -2.89. The fourth-order valence-electron chi connectivity index (χ4n) is 1.59. The maximum Gasteiger partial charge on any atom is 0.387 e. The molecule has 4 nitrogen and oxygen atoms in total. The Morgan fingerprint density at radius 1 is 1.10 bits per heavy atom. The molecule has 0 heterocycles. The second-order valence-electron chi connectivity index (χ2n) is 3.94. The van der Waals surface area contributed by atoms with Crippen LogP contribution in [0.2, 0.25) is 0 Å². The van der Waals surface area contributed by atoms with E-state index in [1.54, 1.807) is 24.3 Å². The lowest BCUT2D eigenvalue weighted by Crippen LogP contribution is -2.13. The molecule has 1 amide bonds. The van der Waals surface area contributed by atoms with Gasteiger partial charge in [0.15, 0.2) is 0 Å². The van der Waals surface area contributed by atoms with Crippen molar-refractivity contribution < 1.29 is 18.3 Å². The number of anilines is 2. The number of carbonyl (C=O) groups is 1. The van der Waals surface area contributed by atoms with Crippen molar-refractivity contribution in [2.24, 2.45) is 0 Å². The Labute approximate surface area is 114 Å². The van der Waals surface area contributed by atoms with Crippen LogP contribution in [-0.2, 0) is 0 Å². The van der Waals surface area contributed by atoms with E-state index in [1.165, 1.54) is 24.3 Å². The molecule has 0 fully saturated rings. The molecule has 0 radical (unpaired) electrons. The van der Waals surface area contributed by atoms with Crippen molar-refractivity contribution in [2.75, 3.05) is 11.1 Å². The molecule has 2 rings (SSSR count). The van der Waals surface area contributed by atoms with Gasteiger partial charge in [-0.1, -0.05) is 12.1 Å². The molecule has 0 aliphatic heterocycles. The lowest BCUT2D eigenvalue weighted by molar-refractivity contribution is -0.0498. The second-order valence-corrected chi connectivity index (χ2v) is 3.94. The quantitative estimate of drug-likeness (QED) is 0.844. The number of nitrogens with two attached hydrogens (primary N) is 1. The number of amides is 1. The Bertz CT molecular complexity index is 600. The average molecular weight is 278 g/mol. The van der Waals surface area contributed by atoms with Gasteiger partial charge in [-0.3, -0.25) is 4.79 Å². The Kier molecular flexibility index (Phi) is 4.14. The van der Waals surface area contributed by atoms with Crippen molar-refractivity contribution in [1.29, 1.82) is 0 Å². The van der Waals surface area contributed by atoms with Crippen LogP contribution >= 0.6 is 0 Å². The van der Waals surface area contributed by atoms with Crippen LogP contribution in [0, 0.1) is 0 Å². The lowest BCUT2D eigenvalue weighted by atomic mass is 10.2. The average Bonchev–Trinajstić information content (AvgIpc) is 2.41. The molecule has 0 aliphatic carbocycles. The predicted octanol–water partition coefficient (Wildman–Crippen LogP) is 3.12. The van der Waals surface area contributed by atoms with Crippen molar-refractivity contribution in [3.05, 3.63) is 54.1 Å². The molecular weight excluding hydrogens is 266 g/mol. The first-order chi connectivity index (χ1) is 9.56. The van der Waals surface area contributed by atoms with E-state index in [2.05, 4.69) is 10.1 Å². The van der Waals surface area contributed by atoms with Crippen LogP contribution in [0.4, 0.5) is 20.2 Å². The molecule has 0 atom stereocenters. The summed E-state index contributed by atoms with van der Waals surface area (Å²) in [6.45, 7) is -2.89. The van der Waals surface area contributed by atoms with Crippen LogP contribution in [0.15, 0.2) is 48.5 Å². The summed E-state index contributed by atoms with van der Waals surface area (Å²) in [4.78, 5) is 11.9. The molecule has 0 saturated carbocycles. The van der Waals surface area contributed by atoms with Crippen LogP contribution in [0.3, 0.4) is 0 Å². The van der Waals surface area contributed by atoms with E-state index >= 15 is 0 Å². The van der Waals surface area contributed by atoms with Gasteiger partial charge in [0.05, 0.1) is 11.4 Å². The van der Waals surface area contributed by atoms with E-state index in [9.17, 15) is 13.6 Å². The number of halogens is 2. The summed E-state index contributed by atoms with van der Waals surface area (Å²) in [5, 5.41) is 2.63. The fourth-order valence-corrected chi connectivity index (χ4v) is 1.59. The monoisotopic (exact) mass is 278 g/mol. The van der Waals surface area contributed by atoms with Gasteiger partial charge >= 0.3 is 6.61 Å². The van der Waals surface area contributed by atoms with E-state index < -0.39 is 6.61 Å². The molecule has 104 valence electrons. The molecule has 20 heavy (non-hydrogen) atoms. The van der Waals surface area contributed by atoms with Gasteiger partial charge < -0.3 is 15.8 Å². The van der Waals surface area contributed by atoms with Crippen LogP contribution in [-0.4, -0.2) is 12.5 Å². The minimum absolute atomic E-state index is 0.00391. The third kappa shape index (κ3) is 3.44. The molecule has 6 heteroatoms. The van der Waals surface area contributed by atoms with Gasteiger partial charge in [0, 0.05) is 5.56 Å². The highest BCUT2D eigenvalue weighted by molar-refractivity contribution is 6.05. The lowest BCUT2D eigenvalue weighted by Gasteiger charge is -2.08. The summed E-state index contributed by atoms with van der Waals surface area (Å²) in [6.07, 6.45) is 0. The zero-order valence-corrected chi connectivity index (χ0v) is 10.3. The van der Waals surface area contributed by atoms with Crippen molar-refractivity contribution >= 4 is 17.3 Å². The molecular formula is C14H12F2N2O2. The largest absolute Gasteiger partial charge is 0.435 e. The first kappa shape index (κ1) is 13.8. The van der Waals surface area contributed by atoms with Gasteiger partial charge in [-0.25, -0.2) is 0 Å². The molecule has 0 spiro atoms. The highest BCUT2D eigenvalue weighted by Gasteiger charge is 2.09. The third-order valence-electron chi connectivity index (χ3n) is 2.55. The number of hydrogen-bond acceptors (Lipinski definition) is 3. The van der Waals surface area contributed by atoms with Gasteiger partial charge in [0.2, 0.25) is 0 Å². The molecule has 0 saturated heterocycles. The van der Waals surface area contributed by atoms with Crippen molar-refractivity contribution in [3.8, 4) is 5.75 Å². The Morgan fingerprint density at radius 3 is 2.35 bits per heavy atom. The SMILES string of the molecule is Nc1ccccc1NC(=O)c1ccc(OC(F)F)cc1. The van der Waals surface area contributed by atoms with Gasteiger partial charge in [0.25, 0.3) is 5.91 Å². The predicted molar refractivity (Wildman–Crippen MR) is 71.9 cm³/mol. The zero-order valence-electron chi connectivity index (χ0n) is 10.3. The summed E-state index contributed by atoms with van der Waals surface area (Å²) >= 11 is 0. The van der Waals surface area contributed by atoms with Crippen LogP contribution in [0.25, 0.3) is 0 Å². The smallest absolute Gasteiger partial charge is 0.387 e. The number of hydrogen-bond donors (Lipinski definition) is 2.